The lowest BCUT2D eigenvalue weighted by Crippen LogP contribution is -2.08. The third-order valence-corrected chi connectivity index (χ3v) is 4.65. The Morgan fingerprint density at radius 1 is 0.964 bits per heavy atom. The molecule has 1 heterocycles. The topological polar surface area (TPSA) is 35.0 Å². The van der Waals surface area contributed by atoms with Gasteiger partial charge in [0.25, 0.3) is 0 Å². The van der Waals surface area contributed by atoms with E-state index in [9.17, 15) is 17.6 Å². The zero-order valence-corrected chi connectivity index (χ0v) is 16.2. The highest BCUT2D eigenvalue weighted by Crippen LogP contribution is 2.35. The van der Waals surface area contributed by atoms with Gasteiger partial charge in [0, 0.05) is 11.3 Å². The van der Waals surface area contributed by atoms with Crippen LogP contribution < -0.4 is 4.74 Å². The third-order valence-electron chi connectivity index (χ3n) is 3.59. The summed E-state index contributed by atoms with van der Waals surface area (Å²) < 4.78 is 57.4. The van der Waals surface area contributed by atoms with Gasteiger partial charge in [0.2, 0.25) is 0 Å². The summed E-state index contributed by atoms with van der Waals surface area (Å²) in [4.78, 5) is 8.27. The fraction of sp³-hybridized carbons (Fsp3) is 0.111. The number of aromatic nitrogens is 2. The molecule has 0 radical (unpaired) electrons. The summed E-state index contributed by atoms with van der Waals surface area (Å²) in [5, 5.41) is 0.664. The van der Waals surface area contributed by atoms with Crippen LogP contribution >= 0.6 is 35.8 Å². The summed E-state index contributed by atoms with van der Waals surface area (Å²) in [6.07, 6.45) is -4.86. The Hall–Kier alpha value is -2.03. The van der Waals surface area contributed by atoms with Crippen LogP contribution in [0.15, 0.2) is 42.5 Å². The first-order chi connectivity index (χ1) is 13.2. The highest BCUT2D eigenvalue weighted by Gasteiger charge is 2.34. The van der Waals surface area contributed by atoms with Crippen molar-refractivity contribution in [1.82, 2.24) is 9.97 Å². The number of rotatable bonds is 4. The van der Waals surface area contributed by atoms with E-state index in [4.69, 9.17) is 27.9 Å². The van der Waals surface area contributed by atoms with Crippen molar-refractivity contribution in [2.45, 2.75) is 11.9 Å². The fourth-order valence-electron chi connectivity index (χ4n) is 2.29. The molecule has 0 N–H and O–H groups in total. The lowest BCUT2D eigenvalue weighted by Gasteiger charge is -2.12. The fourth-order valence-corrected chi connectivity index (χ4v) is 2.75. The monoisotopic (exact) mass is 448 g/mol. The molecule has 146 valence electrons. The van der Waals surface area contributed by atoms with Gasteiger partial charge in [-0.05, 0) is 36.4 Å². The minimum absolute atomic E-state index is 0.215. The van der Waals surface area contributed by atoms with Gasteiger partial charge in [0.05, 0.1) is 27.0 Å². The molecule has 0 fully saturated rings. The Balaban J connectivity index is 2.00. The van der Waals surface area contributed by atoms with Crippen LogP contribution in [-0.2, 0) is 11.9 Å². The molecule has 3 rings (SSSR count). The second-order valence-corrected chi connectivity index (χ2v) is 6.69. The molecule has 0 aliphatic carbocycles. The number of ether oxygens (including phenoxy) is 1. The first-order valence-corrected chi connectivity index (χ1v) is 9.05. The van der Waals surface area contributed by atoms with Crippen molar-refractivity contribution in [1.29, 1.82) is 0 Å². The van der Waals surface area contributed by atoms with Gasteiger partial charge in [-0.1, -0.05) is 29.3 Å². The molecular weight excluding hydrogens is 439 g/mol. The minimum Gasteiger partial charge on any atom is -0.424 e. The highest BCUT2D eigenvalue weighted by molar-refractivity contribution is 7.79. The average Bonchev–Trinajstić information content (AvgIpc) is 2.64. The van der Waals surface area contributed by atoms with Gasteiger partial charge in [-0.25, -0.2) is 4.39 Å². The van der Waals surface area contributed by atoms with Gasteiger partial charge < -0.3 is 4.74 Å². The smallest absolute Gasteiger partial charge is 0.419 e. The van der Waals surface area contributed by atoms with Crippen molar-refractivity contribution in [3.8, 4) is 23.0 Å². The molecule has 0 aliphatic rings. The zero-order chi connectivity index (χ0) is 20.5. The van der Waals surface area contributed by atoms with E-state index in [1.807, 2.05) is 0 Å². The molecule has 2 aromatic carbocycles. The first kappa shape index (κ1) is 20.7. The summed E-state index contributed by atoms with van der Waals surface area (Å²) in [5.41, 5.74) is 0.0261. The maximum Gasteiger partial charge on any atom is 0.419 e. The Morgan fingerprint density at radius 3 is 2.36 bits per heavy atom. The van der Waals surface area contributed by atoms with E-state index in [1.54, 1.807) is 24.3 Å². The first-order valence-electron chi connectivity index (χ1n) is 7.66. The summed E-state index contributed by atoms with van der Waals surface area (Å²) >= 11 is 16.1. The number of nitrogens with zero attached hydrogens (tertiary/aromatic N) is 2. The Morgan fingerprint density at radius 2 is 1.71 bits per heavy atom. The zero-order valence-electron chi connectivity index (χ0n) is 13.8. The average molecular weight is 449 g/mol. The van der Waals surface area contributed by atoms with E-state index in [2.05, 4.69) is 22.6 Å². The minimum atomic E-state index is -4.86. The lowest BCUT2D eigenvalue weighted by atomic mass is 10.1. The molecule has 28 heavy (non-hydrogen) atoms. The second kappa shape index (κ2) is 8.14. The van der Waals surface area contributed by atoms with Crippen LogP contribution in [0, 0.1) is 5.82 Å². The molecule has 0 unspecified atom stereocenters. The normalized spacial score (nSPS) is 11.5. The van der Waals surface area contributed by atoms with Crippen LogP contribution in [0.3, 0.4) is 0 Å². The summed E-state index contributed by atoms with van der Waals surface area (Å²) in [7, 11) is 0. The maximum atomic E-state index is 13.4. The van der Waals surface area contributed by atoms with Crippen molar-refractivity contribution in [2.24, 2.45) is 0 Å². The molecular formula is C18H10Cl2F4N2OS. The summed E-state index contributed by atoms with van der Waals surface area (Å²) in [6.45, 7) is 0. The molecule has 0 amide bonds. The van der Waals surface area contributed by atoms with E-state index in [-0.39, 0.29) is 17.5 Å². The molecule has 0 saturated carbocycles. The van der Waals surface area contributed by atoms with E-state index < -0.39 is 17.6 Å². The predicted octanol–water partition coefficient (Wildman–Crippen LogP) is 6.83. The van der Waals surface area contributed by atoms with E-state index in [0.717, 1.165) is 6.07 Å². The van der Waals surface area contributed by atoms with Crippen molar-refractivity contribution in [3.63, 3.8) is 0 Å². The van der Waals surface area contributed by atoms with Crippen molar-refractivity contribution in [2.75, 3.05) is 0 Å². The maximum absolute atomic E-state index is 13.4. The number of benzene rings is 2. The van der Waals surface area contributed by atoms with Crippen LogP contribution in [0.25, 0.3) is 11.3 Å². The number of hydrogen-bond acceptors (Lipinski definition) is 4. The Kier molecular flexibility index (Phi) is 6.02. The molecule has 3 aromatic rings. The standard InChI is InChI=1S/C18H10Cl2F4N2OS/c19-13-3-1-9(5-14(13)20)16-6-10(8-28)25-17(26-16)27-11-2-4-15(21)12(7-11)18(22,23)24/h1-7,28H,8H2. The van der Waals surface area contributed by atoms with Gasteiger partial charge in [-0.3, -0.25) is 0 Å². The molecule has 0 spiro atoms. The van der Waals surface area contributed by atoms with Crippen molar-refractivity contribution < 1.29 is 22.3 Å². The SMILES string of the molecule is Fc1ccc(Oc2nc(CS)cc(-c3ccc(Cl)c(Cl)c3)n2)cc1C(F)(F)F. The van der Waals surface area contributed by atoms with Crippen molar-refractivity contribution >= 4 is 35.8 Å². The molecule has 0 bridgehead atoms. The predicted molar refractivity (Wildman–Crippen MR) is 102 cm³/mol. The Labute approximate surface area is 172 Å². The number of alkyl halides is 3. The van der Waals surface area contributed by atoms with Gasteiger partial charge in [-0.15, -0.1) is 0 Å². The Bertz CT molecular complexity index is 1030. The van der Waals surface area contributed by atoms with Gasteiger partial charge in [0.1, 0.15) is 11.6 Å². The van der Waals surface area contributed by atoms with Crippen LogP contribution in [-0.4, -0.2) is 9.97 Å². The molecule has 3 nitrogen and oxygen atoms in total. The van der Waals surface area contributed by atoms with Crippen LogP contribution in [0.4, 0.5) is 17.6 Å². The van der Waals surface area contributed by atoms with Crippen molar-refractivity contribution in [3.05, 3.63) is 69.6 Å². The molecule has 0 atom stereocenters. The molecule has 1 aromatic heterocycles. The molecule has 10 heteroatoms. The van der Waals surface area contributed by atoms with Crippen LogP contribution in [0.5, 0.6) is 11.8 Å². The third kappa shape index (κ3) is 4.68. The van der Waals surface area contributed by atoms with Gasteiger partial charge in [0.15, 0.2) is 0 Å². The highest BCUT2D eigenvalue weighted by atomic mass is 35.5. The van der Waals surface area contributed by atoms with Crippen LogP contribution in [0.2, 0.25) is 10.0 Å². The number of halogens is 6. The summed E-state index contributed by atoms with van der Waals surface area (Å²) in [5.74, 6) is -1.43. The van der Waals surface area contributed by atoms with E-state index in [1.165, 1.54) is 0 Å². The quantitative estimate of drug-likeness (QED) is 0.350. The number of thiol groups is 1. The number of hydrogen-bond donors (Lipinski definition) is 1. The molecule has 0 saturated heterocycles. The largest absolute Gasteiger partial charge is 0.424 e. The second-order valence-electron chi connectivity index (χ2n) is 5.56. The van der Waals surface area contributed by atoms with Gasteiger partial charge >= 0.3 is 12.2 Å². The van der Waals surface area contributed by atoms with Crippen LogP contribution in [0.1, 0.15) is 11.3 Å². The lowest BCUT2D eigenvalue weighted by molar-refractivity contribution is -0.140. The molecule has 0 aliphatic heterocycles. The van der Waals surface area contributed by atoms with E-state index in [0.29, 0.717) is 39.1 Å². The van der Waals surface area contributed by atoms with E-state index >= 15 is 0 Å². The summed E-state index contributed by atoms with van der Waals surface area (Å²) in [6, 6.07) is 8.52. The van der Waals surface area contributed by atoms with Gasteiger partial charge in [-0.2, -0.15) is 35.8 Å².